The van der Waals surface area contributed by atoms with Crippen molar-refractivity contribution in [1.29, 1.82) is 0 Å². The van der Waals surface area contributed by atoms with Crippen LogP contribution in [0, 0.1) is 0 Å². The Labute approximate surface area is 154 Å². The van der Waals surface area contributed by atoms with Crippen molar-refractivity contribution in [2.45, 2.75) is 26.5 Å². The molecule has 0 aliphatic heterocycles. The number of fused-ring (bicyclic) bond motifs is 1. The predicted molar refractivity (Wildman–Crippen MR) is 96.9 cm³/mol. The standard InChI is InChI=1S/C19H17N5O3/c1-12(2)26-19(25)14-7-5-6-13(10-14)18-21-23-24(22-18)11-17-20-15-8-3-4-9-16(15)27-17/h3-10,12H,11H2,1-2H3. The Morgan fingerprint density at radius 1 is 1.19 bits per heavy atom. The highest BCUT2D eigenvalue weighted by molar-refractivity contribution is 5.90. The molecule has 4 rings (SSSR count). The van der Waals surface area contributed by atoms with Crippen LogP contribution in [0.4, 0.5) is 0 Å². The normalized spacial score (nSPS) is 11.2. The van der Waals surface area contributed by atoms with E-state index in [0.29, 0.717) is 28.4 Å². The zero-order chi connectivity index (χ0) is 18.8. The third-order valence-electron chi connectivity index (χ3n) is 3.77. The lowest BCUT2D eigenvalue weighted by Crippen LogP contribution is -2.11. The van der Waals surface area contributed by atoms with Crippen LogP contribution in [0.1, 0.15) is 30.1 Å². The minimum atomic E-state index is -0.384. The van der Waals surface area contributed by atoms with E-state index in [2.05, 4.69) is 20.4 Å². The van der Waals surface area contributed by atoms with Gasteiger partial charge in [0.2, 0.25) is 11.7 Å². The highest BCUT2D eigenvalue weighted by atomic mass is 16.5. The van der Waals surface area contributed by atoms with Gasteiger partial charge < -0.3 is 9.15 Å². The van der Waals surface area contributed by atoms with Crippen LogP contribution in [0.2, 0.25) is 0 Å². The van der Waals surface area contributed by atoms with Crippen LogP contribution in [0.25, 0.3) is 22.5 Å². The van der Waals surface area contributed by atoms with E-state index in [1.165, 1.54) is 4.80 Å². The lowest BCUT2D eigenvalue weighted by atomic mass is 10.1. The number of aromatic nitrogens is 5. The molecule has 0 unspecified atom stereocenters. The first kappa shape index (κ1) is 16.9. The van der Waals surface area contributed by atoms with Crippen molar-refractivity contribution in [3.05, 3.63) is 60.0 Å². The summed E-state index contributed by atoms with van der Waals surface area (Å²) >= 11 is 0. The fraction of sp³-hybridized carbons (Fsp3) is 0.211. The van der Waals surface area contributed by atoms with Crippen LogP contribution in [0.3, 0.4) is 0 Å². The lowest BCUT2D eigenvalue weighted by molar-refractivity contribution is 0.0378. The van der Waals surface area contributed by atoms with Gasteiger partial charge in [0.25, 0.3) is 0 Å². The highest BCUT2D eigenvalue weighted by Crippen LogP contribution is 2.18. The fourth-order valence-electron chi connectivity index (χ4n) is 2.60. The molecule has 8 heteroatoms. The lowest BCUT2D eigenvalue weighted by Gasteiger charge is -2.08. The van der Waals surface area contributed by atoms with Crippen LogP contribution in [-0.2, 0) is 11.3 Å². The van der Waals surface area contributed by atoms with Gasteiger partial charge in [0.15, 0.2) is 5.58 Å². The summed E-state index contributed by atoms with van der Waals surface area (Å²) in [6.45, 7) is 3.87. The van der Waals surface area contributed by atoms with E-state index in [-0.39, 0.29) is 18.6 Å². The SMILES string of the molecule is CC(C)OC(=O)c1cccc(-c2nnn(Cc3nc4ccccc4o3)n2)c1. The Morgan fingerprint density at radius 3 is 2.85 bits per heavy atom. The zero-order valence-corrected chi connectivity index (χ0v) is 14.9. The van der Waals surface area contributed by atoms with Gasteiger partial charge in [-0.2, -0.15) is 4.80 Å². The van der Waals surface area contributed by atoms with Gasteiger partial charge in [0.1, 0.15) is 12.1 Å². The molecule has 2 heterocycles. The molecule has 0 radical (unpaired) electrons. The smallest absolute Gasteiger partial charge is 0.338 e. The van der Waals surface area contributed by atoms with E-state index >= 15 is 0 Å². The van der Waals surface area contributed by atoms with Gasteiger partial charge in [-0.25, -0.2) is 9.78 Å². The molecule has 4 aromatic rings. The molecule has 0 amide bonds. The van der Waals surface area contributed by atoms with E-state index in [1.807, 2.05) is 30.3 Å². The summed E-state index contributed by atoms with van der Waals surface area (Å²) in [7, 11) is 0. The van der Waals surface area contributed by atoms with Crippen molar-refractivity contribution in [3.63, 3.8) is 0 Å². The minimum Gasteiger partial charge on any atom is -0.459 e. The molecular formula is C19H17N5O3. The summed E-state index contributed by atoms with van der Waals surface area (Å²) in [4.78, 5) is 17.9. The molecule has 0 saturated heterocycles. The fourth-order valence-corrected chi connectivity index (χ4v) is 2.60. The number of ether oxygens (including phenoxy) is 1. The monoisotopic (exact) mass is 363 g/mol. The summed E-state index contributed by atoms with van der Waals surface area (Å²) in [5.74, 6) is 0.519. The third kappa shape index (κ3) is 3.69. The van der Waals surface area contributed by atoms with Crippen LogP contribution in [0.15, 0.2) is 52.9 Å². The van der Waals surface area contributed by atoms with Gasteiger partial charge in [-0.1, -0.05) is 24.3 Å². The van der Waals surface area contributed by atoms with Crippen LogP contribution < -0.4 is 0 Å². The average Bonchev–Trinajstić information content (AvgIpc) is 3.28. The van der Waals surface area contributed by atoms with Gasteiger partial charge in [-0.3, -0.25) is 0 Å². The van der Waals surface area contributed by atoms with Gasteiger partial charge in [0, 0.05) is 5.56 Å². The number of nitrogens with zero attached hydrogens (tertiary/aromatic N) is 5. The number of oxazole rings is 1. The maximum absolute atomic E-state index is 12.1. The number of hydrogen-bond acceptors (Lipinski definition) is 7. The summed E-state index contributed by atoms with van der Waals surface area (Å²) < 4.78 is 10.9. The molecule has 0 aliphatic rings. The van der Waals surface area contributed by atoms with Crippen molar-refractivity contribution < 1.29 is 13.9 Å². The Kier molecular flexibility index (Phi) is 4.37. The van der Waals surface area contributed by atoms with E-state index < -0.39 is 0 Å². The molecule has 2 aromatic carbocycles. The minimum absolute atomic E-state index is 0.184. The topological polar surface area (TPSA) is 95.9 Å². The first-order valence-electron chi connectivity index (χ1n) is 8.52. The summed E-state index contributed by atoms with van der Waals surface area (Å²) in [6, 6.07) is 14.5. The number of benzene rings is 2. The number of carbonyl (C=O) groups excluding carboxylic acids is 1. The summed E-state index contributed by atoms with van der Waals surface area (Å²) in [5, 5.41) is 12.4. The Balaban J connectivity index is 1.54. The van der Waals surface area contributed by atoms with Gasteiger partial charge in [-0.05, 0) is 43.3 Å². The maximum atomic E-state index is 12.1. The molecule has 2 aromatic heterocycles. The van der Waals surface area contributed by atoms with E-state index in [1.54, 1.807) is 32.0 Å². The van der Waals surface area contributed by atoms with Gasteiger partial charge in [0.05, 0.1) is 11.7 Å². The van der Waals surface area contributed by atoms with Gasteiger partial charge >= 0.3 is 5.97 Å². The number of rotatable bonds is 5. The summed E-state index contributed by atoms with van der Waals surface area (Å²) in [5.41, 5.74) is 2.61. The Bertz CT molecular complexity index is 1070. The molecule has 0 fully saturated rings. The predicted octanol–water partition coefficient (Wildman–Crippen LogP) is 3.09. The molecular weight excluding hydrogens is 346 g/mol. The average molecular weight is 363 g/mol. The number of esters is 1. The molecule has 27 heavy (non-hydrogen) atoms. The number of carbonyl (C=O) groups is 1. The maximum Gasteiger partial charge on any atom is 0.338 e. The summed E-state index contributed by atoms with van der Waals surface area (Å²) in [6.07, 6.45) is -0.184. The molecule has 0 aliphatic carbocycles. The van der Waals surface area contributed by atoms with Crippen LogP contribution in [-0.4, -0.2) is 37.3 Å². The van der Waals surface area contributed by atoms with Crippen molar-refractivity contribution in [2.24, 2.45) is 0 Å². The second-order valence-corrected chi connectivity index (χ2v) is 6.25. The third-order valence-corrected chi connectivity index (χ3v) is 3.77. The highest BCUT2D eigenvalue weighted by Gasteiger charge is 2.14. The Hall–Kier alpha value is -3.55. The Morgan fingerprint density at radius 2 is 2.04 bits per heavy atom. The molecule has 8 nitrogen and oxygen atoms in total. The molecule has 0 N–H and O–H groups in total. The first-order valence-corrected chi connectivity index (χ1v) is 8.52. The largest absolute Gasteiger partial charge is 0.459 e. The van der Waals surface area contributed by atoms with Crippen molar-refractivity contribution in [2.75, 3.05) is 0 Å². The zero-order valence-electron chi connectivity index (χ0n) is 14.9. The number of para-hydroxylation sites is 2. The second kappa shape index (κ2) is 6.99. The second-order valence-electron chi connectivity index (χ2n) is 6.25. The molecule has 0 atom stereocenters. The van der Waals surface area contributed by atoms with Crippen molar-refractivity contribution in [1.82, 2.24) is 25.2 Å². The molecule has 0 spiro atoms. The van der Waals surface area contributed by atoms with Gasteiger partial charge in [-0.15, -0.1) is 10.2 Å². The quantitative estimate of drug-likeness (QED) is 0.503. The molecule has 0 bridgehead atoms. The van der Waals surface area contributed by atoms with E-state index in [9.17, 15) is 4.79 Å². The first-order chi connectivity index (χ1) is 13.1. The van der Waals surface area contributed by atoms with E-state index in [0.717, 1.165) is 5.52 Å². The number of tetrazole rings is 1. The number of hydrogen-bond donors (Lipinski definition) is 0. The van der Waals surface area contributed by atoms with E-state index in [4.69, 9.17) is 9.15 Å². The van der Waals surface area contributed by atoms with Crippen LogP contribution >= 0.6 is 0 Å². The van der Waals surface area contributed by atoms with Crippen molar-refractivity contribution in [3.8, 4) is 11.4 Å². The van der Waals surface area contributed by atoms with Crippen LogP contribution in [0.5, 0.6) is 0 Å². The molecule has 136 valence electrons. The molecule has 0 saturated carbocycles. The van der Waals surface area contributed by atoms with Crippen molar-refractivity contribution >= 4 is 17.1 Å².